The summed E-state index contributed by atoms with van der Waals surface area (Å²) in [5, 5.41) is 13.6. The molecular weight excluding hydrogens is 308 g/mol. The Labute approximate surface area is 138 Å². The molecule has 0 amide bonds. The first-order valence-corrected chi connectivity index (χ1v) is 7.53. The fourth-order valence-electron chi connectivity index (χ4n) is 2.55. The maximum absolute atomic E-state index is 11.6. The van der Waals surface area contributed by atoms with Crippen molar-refractivity contribution in [3.8, 4) is 6.01 Å². The van der Waals surface area contributed by atoms with Crippen molar-refractivity contribution >= 4 is 16.9 Å². The number of hydrogen-bond donors (Lipinski definition) is 3. The van der Waals surface area contributed by atoms with Crippen molar-refractivity contribution in [2.24, 2.45) is 0 Å². The third-order valence-electron chi connectivity index (χ3n) is 3.81. The lowest BCUT2D eigenvalue weighted by Crippen LogP contribution is -2.38. The van der Waals surface area contributed by atoms with E-state index >= 15 is 0 Å². The molecule has 124 valence electrons. The quantitative estimate of drug-likeness (QED) is 0.612. The van der Waals surface area contributed by atoms with Crippen LogP contribution in [-0.4, -0.2) is 39.2 Å². The van der Waals surface area contributed by atoms with E-state index in [9.17, 15) is 9.90 Å². The van der Waals surface area contributed by atoms with Crippen LogP contribution in [0.15, 0.2) is 42.9 Å². The molecule has 0 spiro atoms. The van der Waals surface area contributed by atoms with Crippen LogP contribution in [0.25, 0.3) is 10.9 Å². The Kier molecular flexibility index (Phi) is 4.72. The van der Waals surface area contributed by atoms with Crippen LogP contribution in [0.3, 0.4) is 0 Å². The molecule has 7 heteroatoms. The molecule has 3 aromatic rings. The summed E-state index contributed by atoms with van der Waals surface area (Å²) in [6.07, 6.45) is 5.47. The van der Waals surface area contributed by atoms with Gasteiger partial charge in [0.05, 0.1) is 7.11 Å². The Morgan fingerprint density at radius 3 is 2.79 bits per heavy atom. The van der Waals surface area contributed by atoms with Gasteiger partial charge in [-0.1, -0.05) is 18.2 Å². The zero-order valence-electron chi connectivity index (χ0n) is 13.2. The molecule has 7 nitrogen and oxygen atoms in total. The van der Waals surface area contributed by atoms with Gasteiger partial charge in [0.25, 0.3) is 0 Å². The molecule has 2 aromatic heterocycles. The van der Waals surface area contributed by atoms with E-state index in [4.69, 9.17) is 4.74 Å². The third kappa shape index (κ3) is 3.52. The van der Waals surface area contributed by atoms with Crippen molar-refractivity contribution in [3.05, 3.63) is 54.0 Å². The van der Waals surface area contributed by atoms with Crippen molar-refractivity contribution in [2.45, 2.75) is 19.0 Å². The first-order valence-electron chi connectivity index (χ1n) is 7.53. The van der Waals surface area contributed by atoms with Crippen molar-refractivity contribution in [2.75, 3.05) is 7.11 Å². The Balaban J connectivity index is 1.69. The number of aromatic nitrogens is 3. The molecule has 0 bridgehead atoms. The van der Waals surface area contributed by atoms with Gasteiger partial charge in [-0.05, 0) is 11.6 Å². The van der Waals surface area contributed by atoms with Gasteiger partial charge < -0.3 is 14.8 Å². The second-order valence-corrected chi connectivity index (χ2v) is 5.41. The second kappa shape index (κ2) is 7.10. The van der Waals surface area contributed by atoms with E-state index in [1.807, 2.05) is 30.5 Å². The van der Waals surface area contributed by atoms with Crippen molar-refractivity contribution in [3.63, 3.8) is 0 Å². The van der Waals surface area contributed by atoms with Gasteiger partial charge in [-0.25, -0.2) is 9.97 Å². The normalized spacial score (nSPS) is 12.2. The molecule has 2 heterocycles. The number of carboxylic acid groups (broad SMARTS) is 1. The highest BCUT2D eigenvalue weighted by Gasteiger charge is 2.19. The molecule has 0 saturated carbocycles. The number of aromatic amines is 1. The summed E-state index contributed by atoms with van der Waals surface area (Å²) in [6, 6.07) is 7.42. The lowest BCUT2D eigenvalue weighted by atomic mass is 10.0. The zero-order valence-corrected chi connectivity index (χ0v) is 13.2. The largest absolute Gasteiger partial charge is 0.480 e. The van der Waals surface area contributed by atoms with Gasteiger partial charge in [0, 0.05) is 48.0 Å². The Hall–Kier alpha value is -2.93. The Morgan fingerprint density at radius 2 is 2.08 bits per heavy atom. The van der Waals surface area contributed by atoms with E-state index in [-0.39, 0.29) is 6.01 Å². The average Bonchev–Trinajstić information content (AvgIpc) is 3.02. The fourth-order valence-corrected chi connectivity index (χ4v) is 2.55. The second-order valence-electron chi connectivity index (χ2n) is 5.41. The maximum Gasteiger partial charge on any atom is 0.321 e. The molecule has 1 atom stereocenters. The summed E-state index contributed by atoms with van der Waals surface area (Å²) in [6.45, 7) is 0.364. The van der Waals surface area contributed by atoms with E-state index < -0.39 is 12.0 Å². The van der Waals surface area contributed by atoms with Crippen LogP contribution < -0.4 is 10.1 Å². The summed E-state index contributed by atoms with van der Waals surface area (Å²) in [5.74, 6) is -0.894. The number of nitrogens with one attached hydrogen (secondary N) is 2. The Bertz CT molecular complexity index is 829. The topological polar surface area (TPSA) is 100 Å². The predicted octanol–water partition coefficient (Wildman–Crippen LogP) is 1.75. The number of para-hydroxylation sites is 1. The molecule has 1 aromatic carbocycles. The molecule has 0 fully saturated rings. The first kappa shape index (κ1) is 15.9. The minimum absolute atomic E-state index is 0.285. The van der Waals surface area contributed by atoms with Crippen LogP contribution in [0.5, 0.6) is 6.01 Å². The number of carboxylic acids is 1. The molecule has 1 unspecified atom stereocenters. The number of benzene rings is 1. The van der Waals surface area contributed by atoms with Crippen LogP contribution in [0.4, 0.5) is 0 Å². The van der Waals surface area contributed by atoms with Crippen LogP contribution in [0.1, 0.15) is 11.1 Å². The van der Waals surface area contributed by atoms with Gasteiger partial charge >= 0.3 is 12.0 Å². The average molecular weight is 326 g/mol. The fraction of sp³-hybridized carbons (Fsp3) is 0.235. The van der Waals surface area contributed by atoms with Crippen LogP contribution >= 0.6 is 0 Å². The smallest absolute Gasteiger partial charge is 0.321 e. The number of nitrogens with zero attached hydrogens (tertiary/aromatic N) is 2. The molecule has 3 rings (SSSR count). The third-order valence-corrected chi connectivity index (χ3v) is 3.81. The lowest BCUT2D eigenvalue weighted by molar-refractivity contribution is -0.139. The van der Waals surface area contributed by atoms with Crippen molar-refractivity contribution < 1.29 is 14.6 Å². The number of ether oxygens (including phenoxy) is 1. The van der Waals surface area contributed by atoms with Crippen LogP contribution in [0, 0.1) is 0 Å². The molecular formula is C17H18N4O3. The van der Waals surface area contributed by atoms with Crippen LogP contribution in [0.2, 0.25) is 0 Å². The van der Waals surface area contributed by atoms with Gasteiger partial charge in [0.1, 0.15) is 6.04 Å². The predicted molar refractivity (Wildman–Crippen MR) is 88.9 cm³/mol. The van der Waals surface area contributed by atoms with Gasteiger partial charge in [0.2, 0.25) is 0 Å². The number of H-pyrrole nitrogens is 1. The molecule has 24 heavy (non-hydrogen) atoms. The highest BCUT2D eigenvalue weighted by molar-refractivity contribution is 5.84. The summed E-state index contributed by atoms with van der Waals surface area (Å²) in [7, 11) is 1.49. The molecule has 0 radical (unpaired) electrons. The summed E-state index contributed by atoms with van der Waals surface area (Å²) in [4.78, 5) is 22.7. The molecule has 0 aliphatic carbocycles. The number of methoxy groups -OCH3 is 1. The van der Waals surface area contributed by atoms with Crippen molar-refractivity contribution in [1.29, 1.82) is 0 Å². The van der Waals surface area contributed by atoms with Gasteiger partial charge in [-0.15, -0.1) is 0 Å². The monoisotopic (exact) mass is 326 g/mol. The number of rotatable bonds is 7. The number of hydrogen-bond acceptors (Lipinski definition) is 5. The number of aliphatic carboxylic acids is 1. The standard InChI is InChI=1S/C17H18N4O3/c1-24-17-20-8-11(9-21-17)7-18-15(16(22)23)6-12-10-19-14-5-3-2-4-13(12)14/h2-5,8-10,15,18-19H,6-7H2,1H3,(H,22,23). The molecule has 0 aliphatic heterocycles. The number of fused-ring (bicyclic) bond motifs is 1. The van der Waals surface area contributed by atoms with E-state index in [1.165, 1.54) is 7.11 Å². The molecule has 0 saturated heterocycles. The lowest BCUT2D eigenvalue weighted by Gasteiger charge is -2.14. The minimum Gasteiger partial charge on any atom is -0.480 e. The van der Waals surface area contributed by atoms with E-state index in [0.717, 1.165) is 22.0 Å². The SMILES string of the molecule is COc1ncc(CNC(Cc2c[nH]c3ccccc23)C(=O)O)cn1. The summed E-state index contributed by atoms with van der Waals surface area (Å²) >= 11 is 0. The maximum atomic E-state index is 11.6. The number of carbonyl (C=O) groups is 1. The van der Waals surface area contributed by atoms with Crippen molar-refractivity contribution in [1.82, 2.24) is 20.3 Å². The zero-order chi connectivity index (χ0) is 16.9. The molecule has 0 aliphatic rings. The summed E-state index contributed by atoms with van der Waals surface area (Å²) < 4.78 is 4.90. The summed E-state index contributed by atoms with van der Waals surface area (Å²) in [5.41, 5.74) is 2.76. The van der Waals surface area contributed by atoms with Gasteiger partial charge in [0.15, 0.2) is 0 Å². The van der Waals surface area contributed by atoms with Gasteiger partial charge in [-0.3, -0.25) is 10.1 Å². The highest BCUT2D eigenvalue weighted by atomic mass is 16.5. The highest BCUT2D eigenvalue weighted by Crippen LogP contribution is 2.19. The van der Waals surface area contributed by atoms with Gasteiger partial charge in [-0.2, -0.15) is 0 Å². The molecule has 3 N–H and O–H groups in total. The van der Waals surface area contributed by atoms with E-state index in [1.54, 1.807) is 12.4 Å². The van der Waals surface area contributed by atoms with Crippen LogP contribution in [-0.2, 0) is 17.8 Å². The van der Waals surface area contributed by atoms with E-state index in [0.29, 0.717) is 13.0 Å². The first-order chi connectivity index (χ1) is 11.7. The van der Waals surface area contributed by atoms with E-state index in [2.05, 4.69) is 20.3 Å². The minimum atomic E-state index is -0.894. The Morgan fingerprint density at radius 1 is 1.33 bits per heavy atom.